The quantitative estimate of drug-likeness (QED) is 0.345. The molecule has 0 fully saturated rings. The number of rotatable bonds is 6. The molecule has 1 atom stereocenters. The highest BCUT2D eigenvalue weighted by Crippen LogP contribution is 2.25. The minimum absolute atomic E-state index is 0.173. The average molecular weight is 466 g/mol. The van der Waals surface area contributed by atoms with Gasteiger partial charge in [-0.15, -0.1) is 5.10 Å². The van der Waals surface area contributed by atoms with Gasteiger partial charge in [0.1, 0.15) is 11.8 Å². The van der Waals surface area contributed by atoms with E-state index >= 15 is 0 Å². The number of tetrazole rings is 1. The van der Waals surface area contributed by atoms with E-state index in [9.17, 15) is 14.7 Å². The van der Waals surface area contributed by atoms with E-state index in [2.05, 4.69) is 31.3 Å². The van der Waals surface area contributed by atoms with Crippen molar-refractivity contribution in [2.45, 2.75) is 19.5 Å². The van der Waals surface area contributed by atoms with Crippen LogP contribution in [0.5, 0.6) is 5.75 Å². The van der Waals surface area contributed by atoms with Crippen molar-refractivity contribution >= 4 is 23.3 Å². The Bertz CT molecular complexity index is 1320. The summed E-state index contributed by atoms with van der Waals surface area (Å²) in [4.78, 5) is 25.9. The van der Waals surface area contributed by atoms with Crippen LogP contribution in [0.25, 0.3) is 0 Å². The Kier molecular flexibility index (Phi) is 6.36. The molecule has 168 valence electrons. The number of anilines is 1. The maximum absolute atomic E-state index is 13.1. The molecule has 4 aromatic rings. The van der Waals surface area contributed by atoms with Crippen LogP contribution >= 0.6 is 11.6 Å². The summed E-state index contributed by atoms with van der Waals surface area (Å²) in [6.45, 7) is 1.81. The minimum atomic E-state index is -0.720. The van der Waals surface area contributed by atoms with Crippen LogP contribution in [0, 0.1) is 6.92 Å². The SMILES string of the molecule is Cc1cn(Cc2ccccc2Cl)c(=O)c(NC(=O)N[C@H](c2ccccc2)c2nnn[nH]2)c1O. The second-order valence-electron chi connectivity index (χ2n) is 7.29. The molecule has 2 aromatic carbocycles. The van der Waals surface area contributed by atoms with Gasteiger partial charge in [-0.1, -0.05) is 60.1 Å². The molecule has 0 aliphatic carbocycles. The van der Waals surface area contributed by atoms with E-state index in [0.29, 0.717) is 16.4 Å². The number of nitrogens with zero attached hydrogens (tertiary/aromatic N) is 4. The van der Waals surface area contributed by atoms with E-state index in [1.54, 1.807) is 37.3 Å². The number of hydrogen-bond donors (Lipinski definition) is 4. The molecule has 2 amide bonds. The average Bonchev–Trinajstić information content (AvgIpc) is 3.35. The van der Waals surface area contributed by atoms with Gasteiger partial charge in [0, 0.05) is 16.8 Å². The molecule has 0 aliphatic heterocycles. The van der Waals surface area contributed by atoms with E-state index in [0.717, 1.165) is 11.1 Å². The van der Waals surface area contributed by atoms with Gasteiger partial charge >= 0.3 is 6.03 Å². The fraction of sp³-hybridized carbons (Fsp3) is 0.136. The van der Waals surface area contributed by atoms with E-state index < -0.39 is 17.6 Å². The second kappa shape index (κ2) is 9.53. The summed E-state index contributed by atoms with van der Waals surface area (Å²) < 4.78 is 1.38. The monoisotopic (exact) mass is 465 g/mol. The number of aryl methyl sites for hydroxylation is 1. The van der Waals surface area contributed by atoms with Gasteiger partial charge in [0.05, 0.1) is 6.54 Å². The number of benzene rings is 2. The standard InChI is InChI=1S/C22H20ClN7O3/c1-13-11-30(12-15-9-5-6-10-16(15)23)21(32)18(19(13)31)25-22(33)24-17(20-26-28-29-27-20)14-7-3-2-4-8-14/h2-11,17,31H,12H2,1H3,(H2,24,25,33)(H,26,27,28,29)/t17-/m1/s1. The number of pyridine rings is 1. The highest BCUT2D eigenvalue weighted by Gasteiger charge is 2.22. The summed E-state index contributed by atoms with van der Waals surface area (Å²) in [5, 5.41) is 29.8. The third-order valence-electron chi connectivity index (χ3n) is 5.02. The van der Waals surface area contributed by atoms with Crippen molar-refractivity contribution in [3.8, 4) is 5.75 Å². The zero-order valence-corrected chi connectivity index (χ0v) is 18.2. The molecule has 10 nitrogen and oxygen atoms in total. The predicted octanol–water partition coefficient (Wildman–Crippen LogP) is 2.99. The Morgan fingerprint density at radius 1 is 1.18 bits per heavy atom. The summed E-state index contributed by atoms with van der Waals surface area (Å²) >= 11 is 6.22. The van der Waals surface area contributed by atoms with Crippen LogP contribution in [0.2, 0.25) is 5.02 Å². The van der Waals surface area contributed by atoms with Crippen LogP contribution in [0.15, 0.2) is 65.6 Å². The Hall–Kier alpha value is -4.18. The molecular weight excluding hydrogens is 446 g/mol. The number of urea groups is 1. The van der Waals surface area contributed by atoms with Crippen LogP contribution in [0.1, 0.15) is 28.6 Å². The van der Waals surface area contributed by atoms with Gasteiger partial charge in [0.2, 0.25) is 0 Å². The number of hydrogen-bond acceptors (Lipinski definition) is 6. The van der Waals surface area contributed by atoms with Gasteiger partial charge in [0.15, 0.2) is 11.5 Å². The fourth-order valence-electron chi connectivity index (χ4n) is 3.36. The van der Waals surface area contributed by atoms with Gasteiger partial charge in [0.25, 0.3) is 5.56 Å². The normalized spacial score (nSPS) is 11.7. The molecule has 11 heteroatoms. The molecule has 33 heavy (non-hydrogen) atoms. The van der Waals surface area contributed by atoms with Crippen LogP contribution < -0.4 is 16.2 Å². The zero-order valence-electron chi connectivity index (χ0n) is 17.5. The molecule has 2 aromatic heterocycles. The first-order valence-electron chi connectivity index (χ1n) is 9.96. The number of H-pyrrole nitrogens is 1. The maximum atomic E-state index is 13.1. The first-order valence-corrected chi connectivity index (χ1v) is 10.3. The predicted molar refractivity (Wildman–Crippen MR) is 122 cm³/mol. The van der Waals surface area contributed by atoms with Gasteiger partial charge in [-0.25, -0.2) is 9.89 Å². The lowest BCUT2D eigenvalue weighted by atomic mass is 10.1. The summed E-state index contributed by atoms with van der Waals surface area (Å²) in [5.74, 6) is -0.0101. The van der Waals surface area contributed by atoms with Crippen LogP contribution in [-0.4, -0.2) is 36.3 Å². The molecule has 0 bridgehead atoms. The summed E-state index contributed by atoms with van der Waals surface area (Å²) in [7, 11) is 0. The lowest BCUT2D eigenvalue weighted by molar-refractivity contribution is 0.249. The van der Waals surface area contributed by atoms with Gasteiger partial charge in [-0.2, -0.15) is 0 Å². The van der Waals surface area contributed by atoms with Crippen molar-refractivity contribution in [2.75, 3.05) is 5.32 Å². The molecule has 0 saturated heterocycles. The number of aromatic nitrogens is 5. The third-order valence-corrected chi connectivity index (χ3v) is 5.38. The molecule has 4 rings (SSSR count). The zero-order chi connectivity index (χ0) is 23.4. The number of carbonyl (C=O) groups excluding carboxylic acids is 1. The molecule has 0 spiro atoms. The van der Waals surface area contributed by atoms with E-state index in [1.807, 2.05) is 24.3 Å². The van der Waals surface area contributed by atoms with Crippen LogP contribution in [0.4, 0.5) is 10.5 Å². The van der Waals surface area contributed by atoms with Gasteiger partial charge < -0.3 is 20.3 Å². The Balaban J connectivity index is 1.61. The van der Waals surface area contributed by atoms with E-state index in [4.69, 9.17) is 11.6 Å². The smallest absolute Gasteiger partial charge is 0.320 e. The number of aromatic hydroxyl groups is 1. The summed E-state index contributed by atoms with van der Waals surface area (Å²) in [6, 6.07) is 14.8. The van der Waals surface area contributed by atoms with E-state index in [1.165, 1.54) is 10.8 Å². The van der Waals surface area contributed by atoms with Crippen molar-refractivity contribution in [1.29, 1.82) is 0 Å². The van der Waals surface area contributed by atoms with Crippen LogP contribution in [0.3, 0.4) is 0 Å². The molecule has 4 N–H and O–H groups in total. The summed E-state index contributed by atoms with van der Waals surface area (Å²) in [6.07, 6.45) is 1.51. The first kappa shape index (κ1) is 22.0. The number of amides is 2. The lowest BCUT2D eigenvalue weighted by Crippen LogP contribution is -2.36. The number of aromatic amines is 1. The Morgan fingerprint density at radius 3 is 2.61 bits per heavy atom. The fourth-order valence-corrected chi connectivity index (χ4v) is 3.56. The van der Waals surface area contributed by atoms with Gasteiger partial charge in [-0.3, -0.25) is 4.79 Å². The van der Waals surface area contributed by atoms with Crippen molar-refractivity contribution in [3.63, 3.8) is 0 Å². The highest BCUT2D eigenvalue weighted by molar-refractivity contribution is 6.31. The Labute approximate surface area is 193 Å². The molecular formula is C22H20ClN7O3. The highest BCUT2D eigenvalue weighted by atomic mass is 35.5. The van der Waals surface area contributed by atoms with Crippen LogP contribution in [-0.2, 0) is 6.54 Å². The first-order chi connectivity index (χ1) is 15.9. The number of nitrogens with one attached hydrogen (secondary N) is 3. The molecule has 0 saturated carbocycles. The number of halogens is 1. The number of carbonyl (C=O) groups is 1. The van der Waals surface area contributed by atoms with Crippen molar-refractivity contribution in [2.24, 2.45) is 0 Å². The van der Waals surface area contributed by atoms with Crippen molar-refractivity contribution in [3.05, 3.63) is 98.7 Å². The van der Waals surface area contributed by atoms with Gasteiger partial charge in [-0.05, 0) is 34.5 Å². The lowest BCUT2D eigenvalue weighted by Gasteiger charge is -2.18. The Morgan fingerprint density at radius 2 is 1.91 bits per heavy atom. The third kappa shape index (κ3) is 4.85. The topological polar surface area (TPSA) is 138 Å². The minimum Gasteiger partial charge on any atom is -0.505 e. The second-order valence-corrected chi connectivity index (χ2v) is 7.70. The maximum Gasteiger partial charge on any atom is 0.320 e. The summed E-state index contributed by atoms with van der Waals surface area (Å²) in [5.41, 5.74) is 1.03. The van der Waals surface area contributed by atoms with Crippen molar-refractivity contribution < 1.29 is 9.90 Å². The van der Waals surface area contributed by atoms with E-state index in [-0.39, 0.29) is 18.0 Å². The largest absolute Gasteiger partial charge is 0.505 e. The molecule has 2 heterocycles. The molecule has 0 aliphatic rings. The molecule has 0 unspecified atom stereocenters. The van der Waals surface area contributed by atoms with Crippen molar-refractivity contribution in [1.82, 2.24) is 30.5 Å². The molecule has 0 radical (unpaired) electrons.